The molecule has 0 amide bonds. The molecule has 3 nitrogen and oxygen atoms in total. The molecule has 0 aliphatic rings. The summed E-state index contributed by atoms with van der Waals surface area (Å²) < 4.78 is 10.1. The molecule has 1 unspecified atom stereocenters. The fourth-order valence-electron chi connectivity index (χ4n) is 1.11. The molecule has 2 rings (SSSR count). The lowest BCUT2D eigenvalue weighted by molar-refractivity contribution is 0.488. The normalized spacial score (nSPS) is 13.1. The topological polar surface area (TPSA) is 52.3 Å². The van der Waals surface area contributed by atoms with Crippen molar-refractivity contribution in [1.29, 1.82) is 0 Å². The number of halogens is 1. The van der Waals surface area contributed by atoms with Gasteiger partial charge in [-0.25, -0.2) is 0 Å². The van der Waals surface area contributed by atoms with Gasteiger partial charge in [-0.15, -0.1) is 0 Å². The van der Waals surface area contributed by atoms with E-state index < -0.39 is 0 Å². The van der Waals surface area contributed by atoms with E-state index in [2.05, 4.69) is 0 Å². The van der Waals surface area contributed by atoms with Crippen molar-refractivity contribution < 1.29 is 8.83 Å². The van der Waals surface area contributed by atoms with Crippen LogP contribution in [0.1, 0.15) is 17.4 Å². The zero-order valence-electron chi connectivity index (χ0n) is 6.74. The van der Waals surface area contributed by atoms with Gasteiger partial charge in [-0.05, 0) is 29.8 Å². The first-order valence-corrected chi connectivity index (χ1v) is 4.18. The molecule has 0 radical (unpaired) electrons. The van der Waals surface area contributed by atoms with Gasteiger partial charge < -0.3 is 14.6 Å². The van der Waals surface area contributed by atoms with E-state index >= 15 is 0 Å². The first-order chi connectivity index (χ1) is 6.27. The van der Waals surface area contributed by atoms with E-state index in [4.69, 9.17) is 26.2 Å². The molecule has 2 aromatic heterocycles. The number of hydrogen-bond donors (Lipinski definition) is 1. The van der Waals surface area contributed by atoms with Crippen LogP contribution in [-0.4, -0.2) is 0 Å². The first-order valence-electron chi connectivity index (χ1n) is 3.80. The molecule has 0 aromatic carbocycles. The Morgan fingerprint density at radius 3 is 2.69 bits per heavy atom. The summed E-state index contributed by atoms with van der Waals surface area (Å²) in [5.41, 5.74) is 6.73. The third-order valence-electron chi connectivity index (χ3n) is 1.80. The van der Waals surface area contributed by atoms with Gasteiger partial charge in [-0.3, -0.25) is 0 Å². The summed E-state index contributed by atoms with van der Waals surface area (Å²) in [6.07, 6.45) is 3.15. The highest BCUT2D eigenvalue weighted by molar-refractivity contribution is 6.28. The maximum Gasteiger partial charge on any atom is 0.193 e. The summed E-state index contributed by atoms with van der Waals surface area (Å²) in [4.78, 5) is 0. The van der Waals surface area contributed by atoms with Crippen molar-refractivity contribution >= 4 is 11.6 Å². The molecule has 4 heteroatoms. The second kappa shape index (κ2) is 3.28. The van der Waals surface area contributed by atoms with E-state index in [0.717, 1.165) is 5.56 Å². The average Bonchev–Trinajstić information content (AvgIpc) is 2.72. The van der Waals surface area contributed by atoms with E-state index in [1.807, 2.05) is 0 Å². The predicted octanol–water partition coefficient (Wildman–Crippen LogP) is 2.57. The van der Waals surface area contributed by atoms with Crippen molar-refractivity contribution in [1.82, 2.24) is 0 Å². The molecule has 13 heavy (non-hydrogen) atoms. The maximum atomic E-state index is 5.86. The van der Waals surface area contributed by atoms with Gasteiger partial charge in [-0.2, -0.15) is 0 Å². The molecule has 2 aromatic rings. The minimum absolute atomic E-state index is 0.314. The van der Waals surface area contributed by atoms with Crippen molar-refractivity contribution in [2.45, 2.75) is 6.04 Å². The summed E-state index contributed by atoms with van der Waals surface area (Å²) >= 11 is 5.62. The van der Waals surface area contributed by atoms with E-state index in [9.17, 15) is 0 Å². The standard InChI is InChI=1S/C9H8ClNO2/c10-8-2-1-7(13-8)9(11)6-3-4-12-5-6/h1-5,9H,11H2. The second-order valence-corrected chi connectivity index (χ2v) is 3.05. The van der Waals surface area contributed by atoms with Gasteiger partial charge in [0.05, 0.1) is 18.6 Å². The summed E-state index contributed by atoms with van der Waals surface area (Å²) in [7, 11) is 0. The van der Waals surface area contributed by atoms with Crippen molar-refractivity contribution in [3.05, 3.63) is 47.3 Å². The molecular formula is C9H8ClNO2. The quantitative estimate of drug-likeness (QED) is 0.805. The van der Waals surface area contributed by atoms with Crippen molar-refractivity contribution in [3.63, 3.8) is 0 Å². The summed E-state index contributed by atoms with van der Waals surface area (Å²) in [5, 5.41) is 0.342. The molecule has 0 aliphatic carbocycles. The number of rotatable bonds is 2. The third kappa shape index (κ3) is 1.61. The smallest absolute Gasteiger partial charge is 0.193 e. The highest BCUT2D eigenvalue weighted by Crippen LogP contribution is 2.23. The molecule has 0 bridgehead atoms. The molecule has 0 aliphatic heterocycles. The van der Waals surface area contributed by atoms with Gasteiger partial charge in [0, 0.05) is 5.56 Å². The average molecular weight is 198 g/mol. The van der Waals surface area contributed by atoms with Crippen molar-refractivity contribution in [3.8, 4) is 0 Å². The van der Waals surface area contributed by atoms with Crippen LogP contribution in [0.5, 0.6) is 0 Å². The zero-order valence-corrected chi connectivity index (χ0v) is 7.49. The summed E-state index contributed by atoms with van der Waals surface area (Å²) in [6.45, 7) is 0. The molecule has 0 saturated heterocycles. The molecular weight excluding hydrogens is 190 g/mol. The number of nitrogens with two attached hydrogens (primary N) is 1. The lowest BCUT2D eigenvalue weighted by atomic mass is 10.1. The van der Waals surface area contributed by atoms with Crippen LogP contribution < -0.4 is 5.73 Å². The predicted molar refractivity (Wildman–Crippen MR) is 48.5 cm³/mol. The second-order valence-electron chi connectivity index (χ2n) is 2.68. The molecule has 0 spiro atoms. The molecule has 0 saturated carbocycles. The zero-order chi connectivity index (χ0) is 9.26. The van der Waals surface area contributed by atoms with Gasteiger partial charge in [0.15, 0.2) is 5.22 Å². The van der Waals surface area contributed by atoms with Gasteiger partial charge in [0.25, 0.3) is 0 Å². The van der Waals surface area contributed by atoms with Crippen LogP contribution in [0, 0.1) is 0 Å². The van der Waals surface area contributed by atoms with E-state index in [1.165, 1.54) is 0 Å². The highest BCUT2D eigenvalue weighted by Gasteiger charge is 2.13. The van der Waals surface area contributed by atoms with Crippen LogP contribution in [0.15, 0.2) is 39.6 Å². The fraction of sp³-hybridized carbons (Fsp3) is 0.111. The van der Waals surface area contributed by atoms with Crippen LogP contribution in [0.3, 0.4) is 0 Å². The maximum absolute atomic E-state index is 5.86. The van der Waals surface area contributed by atoms with Crippen LogP contribution in [0.25, 0.3) is 0 Å². The summed E-state index contributed by atoms with van der Waals surface area (Å²) in [5.74, 6) is 0.631. The van der Waals surface area contributed by atoms with E-state index in [-0.39, 0.29) is 6.04 Å². The minimum atomic E-state index is -0.314. The molecule has 2 heterocycles. The van der Waals surface area contributed by atoms with Crippen LogP contribution in [0.2, 0.25) is 5.22 Å². The molecule has 0 fully saturated rings. The fourth-order valence-corrected chi connectivity index (χ4v) is 1.26. The van der Waals surface area contributed by atoms with Gasteiger partial charge in [0.1, 0.15) is 5.76 Å². The third-order valence-corrected chi connectivity index (χ3v) is 2.01. The van der Waals surface area contributed by atoms with E-state index in [1.54, 1.807) is 30.7 Å². The highest BCUT2D eigenvalue weighted by atomic mass is 35.5. The lowest BCUT2D eigenvalue weighted by Gasteiger charge is -2.03. The van der Waals surface area contributed by atoms with Crippen LogP contribution >= 0.6 is 11.6 Å². The number of hydrogen-bond acceptors (Lipinski definition) is 3. The Balaban J connectivity index is 2.28. The molecule has 1 atom stereocenters. The van der Waals surface area contributed by atoms with Gasteiger partial charge >= 0.3 is 0 Å². The van der Waals surface area contributed by atoms with E-state index in [0.29, 0.717) is 11.0 Å². The van der Waals surface area contributed by atoms with Crippen molar-refractivity contribution in [2.24, 2.45) is 5.73 Å². The Labute approximate surface area is 80.1 Å². The largest absolute Gasteiger partial charge is 0.472 e. The Bertz CT molecular complexity index is 380. The van der Waals surface area contributed by atoms with Gasteiger partial charge in [0.2, 0.25) is 0 Å². The Morgan fingerprint density at radius 2 is 2.15 bits per heavy atom. The lowest BCUT2D eigenvalue weighted by Crippen LogP contribution is -2.09. The Morgan fingerprint density at radius 1 is 1.31 bits per heavy atom. The summed E-state index contributed by atoms with van der Waals surface area (Å²) in [6, 6.07) is 4.89. The van der Waals surface area contributed by atoms with Crippen LogP contribution in [-0.2, 0) is 0 Å². The number of furan rings is 2. The molecule has 68 valence electrons. The Hall–Kier alpha value is -1.19. The first kappa shape index (κ1) is 8.41. The van der Waals surface area contributed by atoms with Crippen molar-refractivity contribution in [2.75, 3.05) is 0 Å². The molecule has 2 N–H and O–H groups in total. The van der Waals surface area contributed by atoms with Crippen LogP contribution in [0.4, 0.5) is 0 Å². The monoisotopic (exact) mass is 197 g/mol. The minimum Gasteiger partial charge on any atom is -0.472 e. The Kier molecular flexibility index (Phi) is 2.12. The SMILES string of the molecule is NC(c1ccoc1)c1ccc(Cl)o1. The van der Waals surface area contributed by atoms with Gasteiger partial charge in [-0.1, -0.05) is 0 Å².